The van der Waals surface area contributed by atoms with Gasteiger partial charge in [-0.25, -0.2) is 4.98 Å². The van der Waals surface area contributed by atoms with E-state index in [4.69, 9.17) is 30.8 Å². The number of methoxy groups -OCH3 is 2. The van der Waals surface area contributed by atoms with Crippen molar-refractivity contribution in [2.75, 3.05) is 20.8 Å². The molecular weight excluding hydrogens is 364 g/mol. The second-order valence-electron chi connectivity index (χ2n) is 6.70. The van der Waals surface area contributed by atoms with Crippen LogP contribution >= 0.6 is 11.6 Å². The monoisotopic (exact) mass is 386 g/mol. The van der Waals surface area contributed by atoms with Gasteiger partial charge in [-0.2, -0.15) is 0 Å². The predicted molar refractivity (Wildman–Crippen MR) is 106 cm³/mol. The highest BCUT2D eigenvalue weighted by Gasteiger charge is 2.24. The number of ether oxygens (including phenoxy) is 3. The number of rotatable bonds is 6. The predicted octanol–water partition coefficient (Wildman–Crippen LogP) is 4.80. The minimum atomic E-state index is 0.0570. The van der Waals surface area contributed by atoms with Gasteiger partial charge in [-0.1, -0.05) is 17.7 Å². The summed E-state index contributed by atoms with van der Waals surface area (Å²) in [5.41, 5.74) is 3.18. The zero-order valence-corrected chi connectivity index (χ0v) is 16.3. The molecule has 1 atom stereocenters. The van der Waals surface area contributed by atoms with Gasteiger partial charge in [0.2, 0.25) is 0 Å². The SMILES string of the molecule is COc1ccc(CCn2c(C3CCCO3)nc3ccc(Cl)cc32)cc1OC. The summed E-state index contributed by atoms with van der Waals surface area (Å²) < 4.78 is 18.9. The van der Waals surface area contributed by atoms with Crippen LogP contribution in [0.1, 0.15) is 30.3 Å². The van der Waals surface area contributed by atoms with E-state index in [1.165, 1.54) is 5.56 Å². The van der Waals surface area contributed by atoms with Gasteiger partial charge in [-0.3, -0.25) is 0 Å². The zero-order chi connectivity index (χ0) is 18.8. The molecule has 0 N–H and O–H groups in total. The van der Waals surface area contributed by atoms with Gasteiger partial charge < -0.3 is 18.8 Å². The van der Waals surface area contributed by atoms with Crippen LogP contribution in [0.3, 0.4) is 0 Å². The Morgan fingerprint density at radius 3 is 2.74 bits per heavy atom. The maximum absolute atomic E-state index is 6.25. The molecule has 1 fully saturated rings. The third-order valence-corrected chi connectivity index (χ3v) is 5.26. The van der Waals surface area contributed by atoms with Gasteiger partial charge in [0.15, 0.2) is 11.5 Å². The lowest BCUT2D eigenvalue weighted by Crippen LogP contribution is -2.10. The molecule has 0 amide bonds. The molecule has 1 aliphatic heterocycles. The minimum absolute atomic E-state index is 0.0570. The summed E-state index contributed by atoms with van der Waals surface area (Å²) in [4.78, 5) is 4.84. The molecule has 1 saturated heterocycles. The number of hydrogen-bond acceptors (Lipinski definition) is 4. The Kier molecular flexibility index (Phi) is 5.23. The second kappa shape index (κ2) is 7.79. The van der Waals surface area contributed by atoms with Crippen molar-refractivity contribution in [2.45, 2.75) is 31.9 Å². The van der Waals surface area contributed by atoms with E-state index < -0.39 is 0 Å². The topological polar surface area (TPSA) is 45.5 Å². The number of nitrogens with zero attached hydrogens (tertiary/aromatic N) is 2. The first-order chi connectivity index (χ1) is 13.2. The number of aromatic nitrogens is 2. The summed E-state index contributed by atoms with van der Waals surface area (Å²) in [5, 5.41) is 0.716. The van der Waals surface area contributed by atoms with E-state index >= 15 is 0 Å². The van der Waals surface area contributed by atoms with E-state index in [0.29, 0.717) is 5.02 Å². The fourth-order valence-corrected chi connectivity index (χ4v) is 3.82. The molecular formula is C21H23ClN2O3. The molecule has 0 aliphatic carbocycles. The van der Waals surface area contributed by atoms with Gasteiger partial charge in [0.05, 0.1) is 25.3 Å². The highest BCUT2D eigenvalue weighted by molar-refractivity contribution is 6.31. The fourth-order valence-electron chi connectivity index (χ4n) is 3.65. The van der Waals surface area contributed by atoms with E-state index in [-0.39, 0.29) is 6.10 Å². The van der Waals surface area contributed by atoms with Crippen LogP contribution in [0, 0.1) is 0 Å². The van der Waals surface area contributed by atoms with E-state index in [0.717, 1.165) is 60.8 Å². The van der Waals surface area contributed by atoms with Crippen molar-refractivity contribution >= 4 is 22.6 Å². The van der Waals surface area contributed by atoms with Crippen molar-refractivity contribution in [3.05, 3.63) is 52.8 Å². The summed E-state index contributed by atoms with van der Waals surface area (Å²) in [6.07, 6.45) is 2.98. The zero-order valence-electron chi connectivity index (χ0n) is 15.6. The average molecular weight is 387 g/mol. The number of fused-ring (bicyclic) bond motifs is 1. The molecule has 0 radical (unpaired) electrons. The summed E-state index contributed by atoms with van der Waals surface area (Å²) in [6.45, 7) is 1.59. The molecule has 0 bridgehead atoms. The van der Waals surface area contributed by atoms with Gasteiger partial charge >= 0.3 is 0 Å². The molecule has 0 spiro atoms. The Morgan fingerprint density at radius 2 is 2.00 bits per heavy atom. The summed E-state index contributed by atoms with van der Waals surface area (Å²) in [7, 11) is 3.30. The first kappa shape index (κ1) is 18.1. The number of aryl methyl sites for hydroxylation is 2. The minimum Gasteiger partial charge on any atom is -0.493 e. The first-order valence-corrected chi connectivity index (χ1v) is 9.55. The molecule has 0 saturated carbocycles. The average Bonchev–Trinajstić information content (AvgIpc) is 3.33. The number of benzene rings is 2. The standard InChI is InChI=1S/C21H23ClN2O3/c1-25-18-8-5-14(12-20(18)26-2)9-10-24-17-13-15(22)6-7-16(17)23-21(24)19-4-3-11-27-19/h5-8,12-13,19H,3-4,9-11H2,1-2H3. The van der Waals surface area contributed by atoms with E-state index in [1.54, 1.807) is 14.2 Å². The maximum Gasteiger partial charge on any atom is 0.160 e. The lowest BCUT2D eigenvalue weighted by atomic mass is 10.1. The third kappa shape index (κ3) is 3.62. The van der Waals surface area contributed by atoms with Crippen LogP contribution in [0.2, 0.25) is 5.02 Å². The Morgan fingerprint density at radius 1 is 1.15 bits per heavy atom. The van der Waals surface area contributed by atoms with Gasteiger partial charge in [0, 0.05) is 18.2 Å². The van der Waals surface area contributed by atoms with Crippen LogP contribution in [0.15, 0.2) is 36.4 Å². The van der Waals surface area contributed by atoms with Crippen LogP contribution < -0.4 is 9.47 Å². The van der Waals surface area contributed by atoms with Crippen LogP contribution in [-0.4, -0.2) is 30.4 Å². The Hall–Kier alpha value is -2.24. The van der Waals surface area contributed by atoms with Gasteiger partial charge in [0.25, 0.3) is 0 Å². The number of imidazole rings is 1. The molecule has 2 aromatic carbocycles. The van der Waals surface area contributed by atoms with Crippen LogP contribution in [0.25, 0.3) is 11.0 Å². The smallest absolute Gasteiger partial charge is 0.160 e. The molecule has 4 rings (SSSR count). The first-order valence-electron chi connectivity index (χ1n) is 9.18. The number of hydrogen-bond donors (Lipinski definition) is 0. The largest absolute Gasteiger partial charge is 0.493 e. The van der Waals surface area contributed by atoms with E-state index in [1.807, 2.05) is 30.3 Å². The molecule has 1 unspecified atom stereocenters. The number of halogens is 1. The highest BCUT2D eigenvalue weighted by atomic mass is 35.5. The molecule has 3 aromatic rings. The lowest BCUT2D eigenvalue weighted by Gasteiger charge is -2.14. The lowest BCUT2D eigenvalue weighted by molar-refractivity contribution is 0.102. The van der Waals surface area contributed by atoms with Crippen LogP contribution in [-0.2, 0) is 17.7 Å². The highest BCUT2D eigenvalue weighted by Crippen LogP contribution is 2.32. The van der Waals surface area contributed by atoms with Crippen LogP contribution in [0.5, 0.6) is 11.5 Å². The Balaban J connectivity index is 1.66. The summed E-state index contributed by atoms with van der Waals surface area (Å²) in [5.74, 6) is 2.47. The van der Waals surface area contributed by atoms with Crippen molar-refractivity contribution in [3.63, 3.8) is 0 Å². The summed E-state index contributed by atoms with van der Waals surface area (Å²) >= 11 is 6.25. The maximum atomic E-state index is 6.25. The van der Waals surface area contributed by atoms with Crippen molar-refractivity contribution < 1.29 is 14.2 Å². The Labute approximate surface area is 163 Å². The van der Waals surface area contributed by atoms with Gasteiger partial charge in [-0.05, 0) is 55.2 Å². The quantitative estimate of drug-likeness (QED) is 0.610. The van der Waals surface area contributed by atoms with Crippen molar-refractivity contribution in [3.8, 4) is 11.5 Å². The van der Waals surface area contributed by atoms with Crippen LogP contribution in [0.4, 0.5) is 0 Å². The van der Waals surface area contributed by atoms with E-state index in [9.17, 15) is 0 Å². The molecule has 27 heavy (non-hydrogen) atoms. The fraction of sp³-hybridized carbons (Fsp3) is 0.381. The van der Waals surface area contributed by atoms with Crippen molar-refractivity contribution in [1.29, 1.82) is 0 Å². The third-order valence-electron chi connectivity index (χ3n) is 5.03. The molecule has 5 nitrogen and oxygen atoms in total. The van der Waals surface area contributed by atoms with Crippen molar-refractivity contribution in [1.82, 2.24) is 9.55 Å². The molecule has 6 heteroatoms. The molecule has 1 aliphatic rings. The van der Waals surface area contributed by atoms with E-state index in [2.05, 4.69) is 10.6 Å². The summed E-state index contributed by atoms with van der Waals surface area (Å²) in [6, 6.07) is 11.9. The van der Waals surface area contributed by atoms with Gasteiger partial charge in [0.1, 0.15) is 11.9 Å². The van der Waals surface area contributed by atoms with Crippen molar-refractivity contribution in [2.24, 2.45) is 0 Å². The Bertz CT molecular complexity index is 948. The molecule has 2 heterocycles. The van der Waals surface area contributed by atoms with Gasteiger partial charge in [-0.15, -0.1) is 0 Å². The molecule has 142 valence electrons. The normalized spacial score (nSPS) is 16.8. The second-order valence-corrected chi connectivity index (χ2v) is 7.13. The molecule has 1 aromatic heterocycles.